The largest absolute Gasteiger partial charge is 0.507 e. The summed E-state index contributed by atoms with van der Waals surface area (Å²) >= 11 is 0. The topological polar surface area (TPSA) is 120 Å². The van der Waals surface area contributed by atoms with E-state index in [9.17, 15) is 20.0 Å². The Morgan fingerprint density at radius 2 is 1.81 bits per heavy atom. The summed E-state index contributed by atoms with van der Waals surface area (Å²) in [5, 5.41) is 29.0. The minimum absolute atomic E-state index is 0.0112. The van der Waals surface area contributed by atoms with E-state index in [0.29, 0.717) is 17.1 Å². The normalized spacial score (nSPS) is 10.6. The summed E-state index contributed by atoms with van der Waals surface area (Å²) in [6, 6.07) is 19.7. The van der Waals surface area contributed by atoms with Gasteiger partial charge in [0.25, 0.3) is 5.69 Å². The highest BCUT2D eigenvalue weighted by Gasteiger charge is 2.13. The summed E-state index contributed by atoms with van der Waals surface area (Å²) < 4.78 is 7.13. The Morgan fingerprint density at radius 3 is 2.50 bits per heavy atom. The molecule has 0 fully saturated rings. The van der Waals surface area contributed by atoms with Gasteiger partial charge in [0, 0.05) is 24.6 Å². The second-order valence-electron chi connectivity index (χ2n) is 6.98. The third-order valence-electron chi connectivity index (χ3n) is 4.73. The van der Waals surface area contributed by atoms with Gasteiger partial charge >= 0.3 is 0 Å². The molecule has 0 saturated carbocycles. The third-order valence-corrected chi connectivity index (χ3v) is 4.73. The highest BCUT2D eigenvalue weighted by Crippen LogP contribution is 2.25. The highest BCUT2D eigenvalue weighted by atomic mass is 16.6. The van der Waals surface area contributed by atoms with Crippen LogP contribution < -0.4 is 4.74 Å². The number of phenols is 1. The molecule has 0 aliphatic rings. The van der Waals surface area contributed by atoms with Crippen molar-refractivity contribution in [3.05, 3.63) is 106 Å². The van der Waals surface area contributed by atoms with Gasteiger partial charge in [-0.3, -0.25) is 14.9 Å². The number of phenolic OH excluding ortho intramolecular Hbond substituents is 1. The zero-order valence-electron chi connectivity index (χ0n) is 16.8. The molecular weight excluding hydrogens is 412 g/mol. The lowest BCUT2D eigenvalue weighted by atomic mass is 10.0. The third kappa shape index (κ3) is 4.78. The fourth-order valence-electron chi connectivity index (χ4n) is 3.09. The van der Waals surface area contributed by atoms with Gasteiger partial charge in [0.15, 0.2) is 5.78 Å². The predicted octanol–water partition coefficient (Wildman–Crippen LogP) is 3.89. The second kappa shape index (κ2) is 9.09. The van der Waals surface area contributed by atoms with Crippen molar-refractivity contribution in [1.29, 1.82) is 0 Å². The summed E-state index contributed by atoms with van der Waals surface area (Å²) in [7, 11) is 0. The van der Waals surface area contributed by atoms with Gasteiger partial charge in [-0.2, -0.15) is 0 Å². The molecule has 1 aromatic heterocycles. The van der Waals surface area contributed by atoms with Gasteiger partial charge in [0.1, 0.15) is 23.8 Å². The number of nitro benzene ring substituents is 1. The van der Waals surface area contributed by atoms with Gasteiger partial charge in [0.05, 0.1) is 22.4 Å². The van der Waals surface area contributed by atoms with Crippen molar-refractivity contribution in [3.63, 3.8) is 0 Å². The molecule has 0 atom stereocenters. The molecule has 0 radical (unpaired) electrons. The van der Waals surface area contributed by atoms with E-state index in [-0.39, 0.29) is 35.8 Å². The molecule has 3 aromatic carbocycles. The first-order valence-corrected chi connectivity index (χ1v) is 9.68. The van der Waals surface area contributed by atoms with E-state index in [1.54, 1.807) is 24.4 Å². The van der Waals surface area contributed by atoms with Crippen LogP contribution in [-0.2, 0) is 13.0 Å². The van der Waals surface area contributed by atoms with Crippen LogP contribution in [-0.4, -0.2) is 30.8 Å². The quantitative estimate of drug-likeness (QED) is 0.256. The summed E-state index contributed by atoms with van der Waals surface area (Å²) in [4.78, 5) is 22.7. The Bertz CT molecular complexity index is 1250. The van der Waals surface area contributed by atoms with Crippen molar-refractivity contribution >= 4 is 11.5 Å². The molecule has 160 valence electrons. The SMILES string of the molecule is O=C(Cc1ccccc1)c1ccc(OCc2cn(-c3ccc([N+](=O)[O-])cc3)nn2)cc1O. The maximum atomic E-state index is 12.5. The maximum absolute atomic E-state index is 12.5. The Hall–Kier alpha value is -4.53. The van der Waals surface area contributed by atoms with Gasteiger partial charge in [-0.05, 0) is 29.8 Å². The van der Waals surface area contributed by atoms with Crippen LogP contribution >= 0.6 is 0 Å². The lowest BCUT2D eigenvalue weighted by Gasteiger charge is -2.08. The van der Waals surface area contributed by atoms with Crippen molar-refractivity contribution in [2.75, 3.05) is 0 Å². The van der Waals surface area contributed by atoms with Gasteiger partial charge in [-0.25, -0.2) is 4.68 Å². The molecule has 0 aliphatic carbocycles. The zero-order valence-corrected chi connectivity index (χ0v) is 16.8. The number of carbonyl (C=O) groups excluding carboxylic acids is 1. The first kappa shape index (κ1) is 20.7. The average Bonchev–Trinajstić information content (AvgIpc) is 3.27. The number of ketones is 1. The monoisotopic (exact) mass is 430 g/mol. The molecule has 1 heterocycles. The van der Waals surface area contributed by atoms with E-state index in [0.717, 1.165) is 5.56 Å². The predicted molar refractivity (Wildman–Crippen MR) is 115 cm³/mol. The van der Waals surface area contributed by atoms with Crippen LogP contribution in [0.5, 0.6) is 11.5 Å². The Labute approximate surface area is 182 Å². The highest BCUT2D eigenvalue weighted by molar-refractivity contribution is 6.00. The van der Waals surface area contributed by atoms with Crippen LogP contribution in [0.4, 0.5) is 5.69 Å². The zero-order chi connectivity index (χ0) is 22.5. The van der Waals surface area contributed by atoms with Crippen LogP contribution in [0, 0.1) is 10.1 Å². The van der Waals surface area contributed by atoms with Gasteiger partial charge < -0.3 is 9.84 Å². The Kier molecular flexibility index (Phi) is 5.89. The molecule has 0 amide bonds. The number of nitro groups is 1. The molecular formula is C23H18N4O5. The van der Waals surface area contributed by atoms with Gasteiger partial charge in [0.2, 0.25) is 0 Å². The molecule has 0 unspecified atom stereocenters. The van der Waals surface area contributed by atoms with Crippen molar-refractivity contribution in [3.8, 4) is 17.2 Å². The number of nitrogens with zero attached hydrogens (tertiary/aromatic N) is 4. The Morgan fingerprint density at radius 1 is 1.06 bits per heavy atom. The molecule has 32 heavy (non-hydrogen) atoms. The number of hydrogen-bond acceptors (Lipinski definition) is 7. The first-order valence-electron chi connectivity index (χ1n) is 9.68. The molecule has 0 saturated heterocycles. The van der Waals surface area contributed by atoms with E-state index < -0.39 is 4.92 Å². The summed E-state index contributed by atoms with van der Waals surface area (Å²) in [5.41, 5.74) is 2.22. The molecule has 0 spiro atoms. The molecule has 9 heteroatoms. The van der Waals surface area contributed by atoms with Gasteiger partial charge in [-0.15, -0.1) is 5.10 Å². The molecule has 9 nitrogen and oxygen atoms in total. The van der Waals surface area contributed by atoms with Crippen molar-refractivity contribution < 1.29 is 19.6 Å². The van der Waals surface area contributed by atoms with Crippen molar-refractivity contribution in [1.82, 2.24) is 15.0 Å². The lowest BCUT2D eigenvalue weighted by molar-refractivity contribution is -0.384. The number of aromatic hydroxyl groups is 1. The van der Waals surface area contributed by atoms with E-state index >= 15 is 0 Å². The van der Waals surface area contributed by atoms with E-state index in [1.165, 1.54) is 28.9 Å². The number of non-ortho nitro benzene ring substituents is 1. The van der Waals surface area contributed by atoms with E-state index in [4.69, 9.17) is 4.74 Å². The number of rotatable bonds is 8. The summed E-state index contributed by atoms with van der Waals surface area (Å²) in [5.74, 6) is 0.0351. The van der Waals surface area contributed by atoms with Crippen LogP contribution in [0.1, 0.15) is 21.6 Å². The van der Waals surface area contributed by atoms with Gasteiger partial charge in [-0.1, -0.05) is 35.5 Å². The number of carbonyl (C=O) groups is 1. The number of ether oxygens (including phenoxy) is 1. The maximum Gasteiger partial charge on any atom is 0.269 e. The lowest BCUT2D eigenvalue weighted by Crippen LogP contribution is -2.04. The summed E-state index contributed by atoms with van der Waals surface area (Å²) in [6.45, 7) is 0.0870. The van der Waals surface area contributed by atoms with Crippen molar-refractivity contribution in [2.45, 2.75) is 13.0 Å². The van der Waals surface area contributed by atoms with E-state index in [2.05, 4.69) is 10.3 Å². The van der Waals surface area contributed by atoms with Crippen molar-refractivity contribution in [2.24, 2.45) is 0 Å². The van der Waals surface area contributed by atoms with Crippen LogP contribution in [0.3, 0.4) is 0 Å². The number of benzene rings is 3. The molecule has 4 rings (SSSR count). The van der Waals surface area contributed by atoms with Crippen LogP contribution in [0.2, 0.25) is 0 Å². The van der Waals surface area contributed by atoms with Crippen LogP contribution in [0.15, 0.2) is 79.0 Å². The molecule has 1 N–H and O–H groups in total. The summed E-state index contributed by atoms with van der Waals surface area (Å²) in [6.07, 6.45) is 1.83. The fraction of sp³-hybridized carbons (Fsp3) is 0.0870. The average molecular weight is 430 g/mol. The smallest absolute Gasteiger partial charge is 0.269 e. The van der Waals surface area contributed by atoms with E-state index in [1.807, 2.05) is 30.3 Å². The number of hydrogen-bond donors (Lipinski definition) is 1. The fourth-order valence-corrected chi connectivity index (χ4v) is 3.09. The minimum Gasteiger partial charge on any atom is -0.507 e. The molecule has 0 aliphatic heterocycles. The Balaban J connectivity index is 1.38. The number of Topliss-reactive ketones (excluding diaryl/α,β-unsaturated/α-hetero) is 1. The minimum atomic E-state index is -0.472. The van der Waals surface area contributed by atoms with Crippen LogP contribution in [0.25, 0.3) is 5.69 Å². The molecule has 0 bridgehead atoms. The number of aromatic nitrogens is 3. The second-order valence-corrected chi connectivity index (χ2v) is 6.98. The standard InChI is InChI=1S/C23H18N4O5/c28-22(12-16-4-2-1-3-5-16)21-11-10-20(13-23(21)29)32-15-17-14-26(25-24-17)18-6-8-19(9-7-18)27(30)31/h1-11,13-14,29H,12,15H2. The first-order chi connectivity index (χ1) is 15.5. The molecule has 4 aromatic rings.